The van der Waals surface area contributed by atoms with E-state index in [2.05, 4.69) is 56.4 Å². The first-order valence-corrected chi connectivity index (χ1v) is 9.27. The first-order valence-electron chi connectivity index (χ1n) is 7.37. The quantitative estimate of drug-likeness (QED) is 0.365. The second kappa shape index (κ2) is 6.57. The van der Waals surface area contributed by atoms with Gasteiger partial charge in [-0.25, -0.2) is 9.37 Å². The second-order valence-electron chi connectivity index (χ2n) is 5.27. The van der Waals surface area contributed by atoms with E-state index in [1.165, 1.54) is 17.0 Å². The van der Waals surface area contributed by atoms with Crippen molar-refractivity contribution < 1.29 is 4.39 Å². The van der Waals surface area contributed by atoms with Crippen LogP contribution in [0, 0.1) is 9.52 Å². The summed E-state index contributed by atoms with van der Waals surface area (Å²) >= 11 is 4.01. The predicted molar refractivity (Wildman–Crippen MR) is 104 cm³/mol. The van der Waals surface area contributed by atoms with Crippen molar-refractivity contribution in [3.05, 3.63) is 82.4 Å². The van der Waals surface area contributed by atoms with E-state index in [1.807, 2.05) is 24.3 Å². The van der Waals surface area contributed by atoms with Gasteiger partial charge < -0.3 is 0 Å². The average molecular weight is 446 g/mol. The summed E-state index contributed by atoms with van der Waals surface area (Å²) in [6, 6.07) is 20.8. The van der Waals surface area contributed by atoms with Crippen LogP contribution in [-0.2, 0) is 0 Å². The van der Waals surface area contributed by atoms with Gasteiger partial charge in [0.25, 0.3) is 0 Å². The molecular formula is C19H12FIN2S. The summed E-state index contributed by atoms with van der Waals surface area (Å²) in [5.74, 6) is -0.237. The van der Waals surface area contributed by atoms with E-state index >= 15 is 0 Å². The van der Waals surface area contributed by atoms with Crippen LogP contribution in [0.2, 0.25) is 0 Å². The molecule has 0 atom stereocenters. The Morgan fingerprint density at radius 3 is 2.38 bits per heavy atom. The van der Waals surface area contributed by atoms with E-state index in [1.54, 1.807) is 23.9 Å². The third-order valence-corrected chi connectivity index (χ3v) is 5.65. The Kier molecular flexibility index (Phi) is 4.28. The number of hydrogen-bond donors (Lipinski definition) is 0. The number of halogens is 2. The molecular weight excluding hydrogens is 434 g/mol. The first-order chi connectivity index (χ1) is 11.7. The zero-order valence-electron chi connectivity index (χ0n) is 12.5. The van der Waals surface area contributed by atoms with E-state index < -0.39 is 0 Å². The van der Waals surface area contributed by atoms with Gasteiger partial charge in [-0.05, 0) is 71.1 Å². The standard InChI is InChI=1S/C19H12FIN2S/c20-14-8-6-13(7-9-14)18-19(21)23-12-16(10-11-17(23)22-18)24-15-4-2-1-3-5-15/h1-12H. The number of fused-ring (bicyclic) bond motifs is 1. The monoisotopic (exact) mass is 446 g/mol. The van der Waals surface area contributed by atoms with Crippen molar-refractivity contribution in [3.63, 3.8) is 0 Å². The molecule has 118 valence electrons. The highest BCUT2D eigenvalue weighted by atomic mass is 127. The molecule has 0 bridgehead atoms. The molecule has 0 N–H and O–H groups in total. The third kappa shape index (κ3) is 3.06. The molecule has 0 saturated carbocycles. The van der Waals surface area contributed by atoms with E-state index in [4.69, 9.17) is 0 Å². The Morgan fingerprint density at radius 1 is 0.875 bits per heavy atom. The summed E-state index contributed by atoms with van der Waals surface area (Å²) in [7, 11) is 0. The highest BCUT2D eigenvalue weighted by Gasteiger charge is 2.12. The molecule has 0 unspecified atom stereocenters. The minimum absolute atomic E-state index is 0.237. The Labute approximate surface area is 156 Å². The van der Waals surface area contributed by atoms with Gasteiger partial charge in [0.15, 0.2) is 0 Å². The van der Waals surface area contributed by atoms with Crippen molar-refractivity contribution in [2.45, 2.75) is 9.79 Å². The predicted octanol–water partition coefficient (Wildman–Crippen LogP) is 5.90. The summed E-state index contributed by atoms with van der Waals surface area (Å²) in [5, 5.41) is 0. The molecule has 0 aliphatic heterocycles. The lowest BCUT2D eigenvalue weighted by atomic mass is 10.2. The van der Waals surface area contributed by atoms with E-state index in [0.717, 1.165) is 25.5 Å². The maximum atomic E-state index is 13.1. The van der Waals surface area contributed by atoms with Gasteiger partial charge in [0.05, 0.1) is 0 Å². The van der Waals surface area contributed by atoms with E-state index in [9.17, 15) is 4.39 Å². The average Bonchev–Trinajstić information content (AvgIpc) is 2.93. The number of imidazole rings is 1. The molecule has 4 rings (SSSR count). The minimum Gasteiger partial charge on any atom is -0.293 e. The molecule has 2 aromatic heterocycles. The summed E-state index contributed by atoms with van der Waals surface area (Å²) in [4.78, 5) is 7.03. The molecule has 2 nitrogen and oxygen atoms in total. The minimum atomic E-state index is -0.237. The smallest absolute Gasteiger partial charge is 0.138 e. The fourth-order valence-corrected chi connectivity index (χ4v) is 4.15. The normalized spacial score (nSPS) is 11.1. The fourth-order valence-electron chi connectivity index (χ4n) is 2.47. The highest BCUT2D eigenvalue weighted by molar-refractivity contribution is 14.1. The number of aromatic nitrogens is 2. The van der Waals surface area contributed by atoms with Crippen molar-refractivity contribution in [1.29, 1.82) is 0 Å². The van der Waals surface area contributed by atoms with Crippen LogP contribution in [0.15, 0.2) is 82.7 Å². The zero-order chi connectivity index (χ0) is 16.5. The molecule has 0 fully saturated rings. The van der Waals surface area contributed by atoms with Gasteiger partial charge in [0.1, 0.15) is 20.9 Å². The van der Waals surface area contributed by atoms with Crippen LogP contribution in [0.1, 0.15) is 0 Å². The second-order valence-corrected chi connectivity index (χ2v) is 7.43. The number of nitrogens with zero attached hydrogens (tertiary/aromatic N) is 2. The number of pyridine rings is 1. The Morgan fingerprint density at radius 2 is 1.62 bits per heavy atom. The molecule has 4 aromatic rings. The van der Waals surface area contributed by atoms with Gasteiger partial charge >= 0.3 is 0 Å². The maximum Gasteiger partial charge on any atom is 0.138 e. The largest absolute Gasteiger partial charge is 0.293 e. The van der Waals surface area contributed by atoms with Crippen LogP contribution in [0.3, 0.4) is 0 Å². The fraction of sp³-hybridized carbons (Fsp3) is 0. The van der Waals surface area contributed by atoms with Gasteiger partial charge in [-0.1, -0.05) is 30.0 Å². The van der Waals surface area contributed by atoms with Crippen molar-refractivity contribution in [1.82, 2.24) is 9.38 Å². The van der Waals surface area contributed by atoms with E-state index in [-0.39, 0.29) is 5.82 Å². The lowest BCUT2D eigenvalue weighted by Gasteiger charge is -2.03. The summed E-state index contributed by atoms with van der Waals surface area (Å²) in [6.45, 7) is 0. The van der Waals surface area contributed by atoms with Crippen LogP contribution in [0.25, 0.3) is 16.9 Å². The molecule has 24 heavy (non-hydrogen) atoms. The first kappa shape index (κ1) is 15.7. The molecule has 0 spiro atoms. The third-order valence-electron chi connectivity index (χ3n) is 3.63. The maximum absolute atomic E-state index is 13.1. The van der Waals surface area contributed by atoms with Crippen LogP contribution >= 0.6 is 34.4 Å². The molecule has 0 amide bonds. The molecule has 2 heterocycles. The molecule has 0 saturated heterocycles. The van der Waals surface area contributed by atoms with Crippen molar-refractivity contribution in [2.24, 2.45) is 0 Å². The summed E-state index contributed by atoms with van der Waals surface area (Å²) in [6.07, 6.45) is 2.09. The van der Waals surface area contributed by atoms with Gasteiger partial charge in [-0.2, -0.15) is 0 Å². The van der Waals surface area contributed by atoms with Crippen LogP contribution in [0.4, 0.5) is 4.39 Å². The Bertz CT molecular complexity index is 997. The van der Waals surface area contributed by atoms with Crippen LogP contribution < -0.4 is 0 Å². The van der Waals surface area contributed by atoms with Crippen molar-refractivity contribution in [3.8, 4) is 11.3 Å². The molecule has 2 aromatic carbocycles. The molecule has 5 heteroatoms. The zero-order valence-corrected chi connectivity index (χ0v) is 15.5. The van der Waals surface area contributed by atoms with Crippen molar-refractivity contribution >= 4 is 40.0 Å². The highest BCUT2D eigenvalue weighted by Crippen LogP contribution is 2.31. The van der Waals surface area contributed by atoms with Crippen LogP contribution in [-0.4, -0.2) is 9.38 Å². The molecule has 0 radical (unpaired) electrons. The lowest BCUT2D eigenvalue weighted by molar-refractivity contribution is 0.628. The number of hydrogen-bond acceptors (Lipinski definition) is 2. The summed E-state index contributed by atoms with van der Waals surface area (Å²) in [5.41, 5.74) is 2.68. The van der Waals surface area contributed by atoms with E-state index in [0.29, 0.717) is 0 Å². The SMILES string of the molecule is Fc1ccc(-c2nc3ccc(Sc4ccccc4)cn3c2I)cc1. The lowest BCUT2D eigenvalue weighted by Crippen LogP contribution is -1.88. The Balaban J connectivity index is 1.74. The van der Waals surface area contributed by atoms with Gasteiger partial charge in [0, 0.05) is 21.6 Å². The van der Waals surface area contributed by atoms with Gasteiger partial charge in [-0.15, -0.1) is 0 Å². The number of rotatable bonds is 3. The van der Waals surface area contributed by atoms with Gasteiger partial charge in [0.2, 0.25) is 0 Å². The molecule has 0 aliphatic rings. The summed E-state index contributed by atoms with van der Waals surface area (Å²) < 4.78 is 16.2. The topological polar surface area (TPSA) is 17.3 Å². The Hall–Kier alpha value is -1.86. The van der Waals surface area contributed by atoms with Gasteiger partial charge in [-0.3, -0.25) is 4.40 Å². The molecule has 0 aliphatic carbocycles. The van der Waals surface area contributed by atoms with Crippen LogP contribution in [0.5, 0.6) is 0 Å². The van der Waals surface area contributed by atoms with Crippen molar-refractivity contribution in [2.75, 3.05) is 0 Å². The number of benzene rings is 2.